The van der Waals surface area contributed by atoms with Crippen LogP contribution in [0.2, 0.25) is 0 Å². The van der Waals surface area contributed by atoms with Gasteiger partial charge in [0.25, 0.3) is 0 Å². The van der Waals surface area contributed by atoms with E-state index in [9.17, 15) is 9.59 Å². The minimum Gasteiger partial charge on any atom is -0.292 e. The van der Waals surface area contributed by atoms with Gasteiger partial charge in [0.15, 0.2) is 0 Å². The molecule has 0 fully saturated rings. The molecule has 6 heteroatoms. The molecule has 2 aromatic rings. The van der Waals surface area contributed by atoms with Crippen LogP contribution in [0.3, 0.4) is 0 Å². The molecule has 162 valence electrons. The molecule has 0 bridgehead atoms. The van der Waals surface area contributed by atoms with E-state index in [-0.39, 0.29) is 0 Å². The van der Waals surface area contributed by atoms with E-state index in [0.717, 1.165) is 11.1 Å². The maximum atomic E-state index is 12.2. The van der Waals surface area contributed by atoms with Crippen molar-refractivity contribution in [3.63, 3.8) is 0 Å². The van der Waals surface area contributed by atoms with Crippen molar-refractivity contribution in [1.82, 2.24) is 0 Å². The number of hydrogen-bond donors (Lipinski definition) is 0. The zero-order valence-corrected chi connectivity index (χ0v) is 18.5. The summed E-state index contributed by atoms with van der Waals surface area (Å²) in [5.41, 5.74) is 1.28. The summed E-state index contributed by atoms with van der Waals surface area (Å²) in [5.74, 6) is -1.09. The highest BCUT2D eigenvalue weighted by Crippen LogP contribution is 2.26. The zero-order chi connectivity index (χ0) is 22.4. The summed E-state index contributed by atoms with van der Waals surface area (Å²) in [6.45, 7) is 11.0. The Bertz CT molecular complexity index is 811. The molecule has 0 aliphatic rings. The van der Waals surface area contributed by atoms with Crippen LogP contribution in [0.15, 0.2) is 48.5 Å². The van der Waals surface area contributed by atoms with Crippen molar-refractivity contribution in [3.8, 4) is 0 Å². The third kappa shape index (κ3) is 7.61. The molecular weight excluding hydrogens is 384 g/mol. The predicted molar refractivity (Wildman–Crippen MR) is 113 cm³/mol. The Hall–Kier alpha value is -2.70. The minimum absolute atomic E-state index is 0.428. The lowest BCUT2D eigenvalue weighted by Gasteiger charge is -2.28. The highest BCUT2D eigenvalue weighted by Gasteiger charge is 2.30. The second-order valence-corrected chi connectivity index (χ2v) is 8.67. The summed E-state index contributed by atoms with van der Waals surface area (Å²) < 4.78 is 0. The third-order valence-electron chi connectivity index (χ3n) is 4.52. The van der Waals surface area contributed by atoms with Crippen molar-refractivity contribution in [2.75, 3.05) is 0 Å². The Morgan fingerprint density at radius 1 is 0.700 bits per heavy atom. The zero-order valence-electron chi connectivity index (χ0n) is 18.5. The summed E-state index contributed by atoms with van der Waals surface area (Å²) in [7, 11) is 0. The van der Waals surface area contributed by atoms with Crippen molar-refractivity contribution >= 4 is 11.9 Å². The fraction of sp³-hybridized carbons (Fsp3) is 0.417. The molecule has 30 heavy (non-hydrogen) atoms. The molecule has 0 saturated heterocycles. The molecule has 0 heterocycles. The van der Waals surface area contributed by atoms with Gasteiger partial charge in [-0.05, 0) is 78.6 Å². The molecule has 6 nitrogen and oxygen atoms in total. The second kappa shape index (κ2) is 9.87. The van der Waals surface area contributed by atoms with Crippen LogP contribution < -0.4 is 0 Å². The Labute approximate surface area is 178 Å². The Morgan fingerprint density at radius 2 is 1.07 bits per heavy atom. The van der Waals surface area contributed by atoms with Gasteiger partial charge >= 0.3 is 11.9 Å². The fourth-order valence-corrected chi connectivity index (χ4v) is 2.63. The summed E-state index contributed by atoms with van der Waals surface area (Å²) in [4.78, 5) is 45.1. The second-order valence-electron chi connectivity index (χ2n) is 8.67. The maximum absolute atomic E-state index is 12.2. The molecule has 0 amide bonds. The molecule has 2 rings (SSSR count). The van der Waals surface area contributed by atoms with E-state index in [1.165, 1.54) is 0 Å². The van der Waals surface area contributed by atoms with E-state index in [1.54, 1.807) is 36.4 Å². The first kappa shape index (κ1) is 23.6. The van der Waals surface area contributed by atoms with E-state index >= 15 is 0 Å². The first-order valence-corrected chi connectivity index (χ1v) is 9.91. The van der Waals surface area contributed by atoms with Gasteiger partial charge in [-0.25, -0.2) is 9.59 Å². The fourth-order valence-electron chi connectivity index (χ4n) is 2.63. The summed E-state index contributed by atoms with van der Waals surface area (Å²) in [6, 6.07) is 14.2. The largest absolute Gasteiger partial charge is 0.373 e. The molecule has 0 saturated carbocycles. The molecule has 0 aliphatic heterocycles. The van der Waals surface area contributed by atoms with E-state index in [4.69, 9.17) is 19.6 Å². The molecule has 2 aromatic carbocycles. The van der Waals surface area contributed by atoms with Gasteiger partial charge in [0.05, 0.1) is 11.1 Å². The monoisotopic (exact) mass is 414 g/mol. The van der Waals surface area contributed by atoms with Gasteiger partial charge in [-0.3, -0.25) is 9.78 Å². The average molecular weight is 414 g/mol. The summed E-state index contributed by atoms with van der Waals surface area (Å²) in [5, 5.41) is 0. The predicted octanol–water partition coefficient (Wildman–Crippen LogP) is 5.52. The average Bonchev–Trinajstić information content (AvgIpc) is 2.69. The third-order valence-corrected chi connectivity index (χ3v) is 4.52. The van der Waals surface area contributed by atoms with Crippen molar-refractivity contribution in [1.29, 1.82) is 0 Å². The van der Waals surface area contributed by atoms with Crippen LogP contribution in [0.1, 0.15) is 72.4 Å². The molecule has 0 unspecified atom stereocenters. The molecule has 0 N–H and O–H groups in total. The molecule has 0 atom stereocenters. The normalized spacial score (nSPS) is 11.8. The van der Waals surface area contributed by atoms with Crippen LogP contribution in [0.5, 0.6) is 0 Å². The molecule has 0 radical (unpaired) electrons. The van der Waals surface area contributed by atoms with Crippen molar-refractivity contribution in [3.05, 3.63) is 70.8 Å². The van der Waals surface area contributed by atoms with Crippen molar-refractivity contribution < 1.29 is 29.1 Å². The van der Waals surface area contributed by atoms with Crippen LogP contribution in [0.4, 0.5) is 0 Å². The van der Waals surface area contributed by atoms with Crippen LogP contribution in [-0.2, 0) is 19.6 Å². The van der Waals surface area contributed by atoms with Gasteiger partial charge < -0.3 is 0 Å². The van der Waals surface area contributed by atoms with Gasteiger partial charge in [-0.1, -0.05) is 35.4 Å². The first-order valence-electron chi connectivity index (χ1n) is 9.91. The van der Waals surface area contributed by atoms with E-state index in [1.807, 2.05) is 53.7 Å². The van der Waals surface area contributed by atoms with E-state index < -0.39 is 23.1 Å². The lowest BCUT2D eigenvalue weighted by molar-refractivity contribution is -0.325. The van der Waals surface area contributed by atoms with Gasteiger partial charge in [0.1, 0.15) is 11.2 Å². The van der Waals surface area contributed by atoms with E-state index in [2.05, 4.69) is 0 Å². The maximum Gasteiger partial charge on any atom is 0.373 e. The van der Waals surface area contributed by atoms with E-state index in [0.29, 0.717) is 24.0 Å². The molecule has 0 aromatic heterocycles. The summed E-state index contributed by atoms with van der Waals surface area (Å²) >= 11 is 0. The minimum atomic E-state index is -0.749. The number of rotatable bonds is 9. The van der Waals surface area contributed by atoms with Gasteiger partial charge in [0.2, 0.25) is 0 Å². The standard InChI is InChI=1S/C24H30O6/c1-17-9-7-11-19(15-17)21(25)27-29-23(3,4)13-14-24(5,6)30-28-22(26)20-12-8-10-18(2)16-20/h7-12,15-16H,13-14H2,1-6H3. The lowest BCUT2D eigenvalue weighted by Crippen LogP contribution is -2.32. The molecule has 0 aliphatic carbocycles. The highest BCUT2D eigenvalue weighted by molar-refractivity contribution is 5.89. The van der Waals surface area contributed by atoms with Crippen LogP contribution in [0.25, 0.3) is 0 Å². The topological polar surface area (TPSA) is 71.1 Å². The molecule has 0 spiro atoms. The quantitative estimate of drug-likeness (QED) is 0.398. The molecular formula is C24H30O6. The number of carbonyl (C=O) groups excluding carboxylic acids is 2. The van der Waals surface area contributed by atoms with Crippen molar-refractivity contribution in [2.24, 2.45) is 0 Å². The SMILES string of the molecule is Cc1cccc(C(=O)OOC(C)(C)CCC(C)(C)OOC(=O)c2cccc(C)c2)c1. The van der Waals surface area contributed by atoms with Gasteiger partial charge in [0, 0.05) is 0 Å². The smallest absolute Gasteiger partial charge is 0.292 e. The van der Waals surface area contributed by atoms with Crippen molar-refractivity contribution in [2.45, 2.75) is 65.6 Å². The first-order chi connectivity index (χ1) is 14.0. The Balaban J connectivity index is 1.81. The lowest BCUT2D eigenvalue weighted by atomic mass is 9.94. The van der Waals surface area contributed by atoms with Crippen LogP contribution in [-0.4, -0.2) is 23.1 Å². The number of hydrogen-bond acceptors (Lipinski definition) is 6. The Kier molecular flexibility index (Phi) is 7.76. The number of aryl methyl sites for hydroxylation is 2. The summed E-state index contributed by atoms with van der Waals surface area (Å²) in [6.07, 6.45) is 1.01. The van der Waals surface area contributed by atoms with Crippen LogP contribution in [0, 0.1) is 13.8 Å². The van der Waals surface area contributed by atoms with Crippen LogP contribution >= 0.6 is 0 Å². The Morgan fingerprint density at radius 3 is 1.40 bits per heavy atom. The number of carbonyl (C=O) groups is 2. The number of benzene rings is 2. The van der Waals surface area contributed by atoms with Gasteiger partial charge in [-0.2, -0.15) is 9.78 Å². The van der Waals surface area contributed by atoms with Gasteiger partial charge in [-0.15, -0.1) is 0 Å². The highest BCUT2D eigenvalue weighted by atomic mass is 17.2.